The second-order valence-corrected chi connectivity index (χ2v) is 7.88. The van der Waals surface area contributed by atoms with Gasteiger partial charge in [0.1, 0.15) is 6.61 Å². The summed E-state index contributed by atoms with van der Waals surface area (Å²) in [6.45, 7) is 4.98. The van der Waals surface area contributed by atoms with Crippen LogP contribution in [-0.2, 0) is 17.8 Å². The van der Waals surface area contributed by atoms with Gasteiger partial charge >= 0.3 is 0 Å². The zero-order valence-electron chi connectivity index (χ0n) is 15.8. The zero-order chi connectivity index (χ0) is 20.1. The minimum Gasteiger partial charge on any atom is -0.490 e. The first-order valence-corrected chi connectivity index (χ1v) is 10.4. The number of hydrogen-bond donors (Lipinski definition) is 0. The van der Waals surface area contributed by atoms with Crippen molar-refractivity contribution in [1.29, 1.82) is 0 Å². The van der Waals surface area contributed by atoms with Gasteiger partial charge in [0.05, 0.1) is 11.9 Å². The van der Waals surface area contributed by atoms with Gasteiger partial charge < -0.3 is 9.47 Å². The van der Waals surface area contributed by atoms with E-state index in [1.807, 2.05) is 49.4 Å². The van der Waals surface area contributed by atoms with Crippen LogP contribution in [0.2, 0.25) is 5.02 Å². The van der Waals surface area contributed by atoms with Crippen molar-refractivity contribution in [1.82, 2.24) is 4.90 Å². The molecule has 5 nitrogen and oxygen atoms in total. The molecule has 1 aliphatic heterocycles. The molecule has 28 heavy (non-hydrogen) atoms. The Morgan fingerprint density at radius 3 is 2.54 bits per heavy atom. The van der Waals surface area contributed by atoms with Crippen molar-refractivity contribution in [2.45, 2.75) is 32.1 Å². The molecule has 1 saturated heterocycles. The minimum atomic E-state index is -0.389. The Morgan fingerprint density at radius 1 is 1.04 bits per heavy atom. The van der Waals surface area contributed by atoms with Crippen molar-refractivity contribution >= 4 is 34.5 Å². The number of carbonyl (C=O) groups excluding carboxylic acids is 2. The van der Waals surface area contributed by atoms with Gasteiger partial charge in [-0.1, -0.05) is 41.6 Å². The smallest absolute Gasteiger partial charge is 0.289 e. The van der Waals surface area contributed by atoms with Crippen molar-refractivity contribution in [3.05, 3.63) is 58.6 Å². The fourth-order valence-corrected chi connectivity index (χ4v) is 4.29. The first-order chi connectivity index (χ1) is 13.5. The lowest BCUT2D eigenvalue weighted by molar-refractivity contribution is -0.126. The lowest BCUT2D eigenvalue weighted by Gasteiger charge is -2.15. The third-order valence-corrected chi connectivity index (χ3v) is 5.64. The molecule has 2 aromatic rings. The summed E-state index contributed by atoms with van der Waals surface area (Å²) in [7, 11) is 0. The highest BCUT2D eigenvalue weighted by Gasteiger charge is 2.38. The lowest BCUT2D eigenvalue weighted by atomic mass is 10.1. The van der Waals surface area contributed by atoms with E-state index in [1.165, 1.54) is 4.90 Å². The Bertz CT molecular complexity index is 873. The quantitative estimate of drug-likeness (QED) is 0.606. The molecule has 2 amide bonds. The average molecular weight is 420 g/mol. The SMILES string of the molecule is CCOc1cc(C[C@@H]2SC(=O)N(CC)C2=O)ccc1OCc1cccc(Cl)c1. The number of rotatable bonds is 8. The molecule has 3 rings (SSSR count). The molecule has 1 fully saturated rings. The van der Waals surface area contributed by atoms with Crippen molar-refractivity contribution in [3.63, 3.8) is 0 Å². The number of amides is 2. The molecule has 7 heteroatoms. The fraction of sp³-hybridized carbons (Fsp3) is 0.333. The van der Waals surface area contributed by atoms with E-state index in [-0.39, 0.29) is 16.4 Å². The first kappa shape index (κ1) is 20.6. The van der Waals surface area contributed by atoms with Crippen LogP contribution in [0.4, 0.5) is 4.79 Å². The van der Waals surface area contributed by atoms with Crippen LogP contribution >= 0.6 is 23.4 Å². The molecule has 1 heterocycles. The number of hydrogen-bond acceptors (Lipinski definition) is 5. The van der Waals surface area contributed by atoms with Crippen molar-refractivity contribution in [2.75, 3.05) is 13.2 Å². The molecule has 1 atom stereocenters. The maximum atomic E-state index is 12.3. The Labute approximate surface area is 174 Å². The van der Waals surface area contributed by atoms with Gasteiger partial charge in [-0.25, -0.2) is 0 Å². The van der Waals surface area contributed by atoms with Gasteiger partial charge in [-0.3, -0.25) is 14.5 Å². The standard InChI is InChI=1S/C21H22ClNO4S/c1-3-23-20(24)19(28-21(23)25)12-14-8-9-17(18(11-14)26-4-2)27-13-15-6-5-7-16(22)10-15/h5-11,19H,3-4,12-13H2,1-2H3/t19-/m0/s1. The lowest BCUT2D eigenvalue weighted by Crippen LogP contribution is -2.31. The summed E-state index contributed by atoms with van der Waals surface area (Å²) in [5.74, 6) is 1.12. The molecule has 1 aliphatic rings. The highest BCUT2D eigenvalue weighted by Crippen LogP contribution is 2.33. The molecule has 0 saturated carbocycles. The Kier molecular flexibility index (Phi) is 6.86. The van der Waals surface area contributed by atoms with Gasteiger partial charge in [-0.15, -0.1) is 0 Å². The number of ether oxygens (including phenoxy) is 2. The summed E-state index contributed by atoms with van der Waals surface area (Å²) in [4.78, 5) is 25.5. The summed E-state index contributed by atoms with van der Waals surface area (Å²) < 4.78 is 11.6. The van der Waals surface area contributed by atoms with E-state index in [0.29, 0.717) is 42.7 Å². The molecule has 0 aromatic heterocycles. The number of carbonyl (C=O) groups is 2. The minimum absolute atomic E-state index is 0.128. The number of halogens is 1. The highest BCUT2D eigenvalue weighted by atomic mass is 35.5. The Hall–Kier alpha value is -2.18. The molecule has 2 aromatic carbocycles. The van der Waals surface area contributed by atoms with Gasteiger partial charge in [-0.2, -0.15) is 0 Å². The second kappa shape index (κ2) is 9.34. The number of thioether (sulfide) groups is 1. The van der Waals surface area contributed by atoms with Gasteiger partial charge in [0.25, 0.3) is 5.24 Å². The van der Waals surface area contributed by atoms with Crippen LogP contribution in [0.25, 0.3) is 0 Å². The summed E-state index contributed by atoms with van der Waals surface area (Å²) in [6.07, 6.45) is 0.473. The van der Waals surface area contributed by atoms with E-state index in [4.69, 9.17) is 21.1 Å². The van der Waals surface area contributed by atoms with Crippen LogP contribution in [-0.4, -0.2) is 34.4 Å². The topological polar surface area (TPSA) is 55.8 Å². The third-order valence-electron chi connectivity index (χ3n) is 4.33. The predicted octanol–water partition coefficient (Wildman–Crippen LogP) is 4.94. The predicted molar refractivity (Wildman–Crippen MR) is 111 cm³/mol. The molecule has 148 valence electrons. The summed E-state index contributed by atoms with van der Waals surface area (Å²) in [6, 6.07) is 13.1. The van der Waals surface area contributed by atoms with Crippen LogP contribution in [0.3, 0.4) is 0 Å². The summed E-state index contributed by atoms with van der Waals surface area (Å²) in [5.41, 5.74) is 1.89. The largest absolute Gasteiger partial charge is 0.490 e. The van der Waals surface area contributed by atoms with Crippen molar-refractivity contribution < 1.29 is 19.1 Å². The molecular weight excluding hydrogens is 398 g/mol. The van der Waals surface area contributed by atoms with Crippen molar-refractivity contribution in [3.8, 4) is 11.5 Å². The van der Waals surface area contributed by atoms with Crippen LogP contribution in [0.1, 0.15) is 25.0 Å². The molecule has 0 spiro atoms. The molecular formula is C21H22ClNO4S. The monoisotopic (exact) mass is 419 g/mol. The number of nitrogens with zero attached hydrogens (tertiary/aromatic N) is 1. The van der Waals surface area contributed by atoms with Crippen LogP contribution in [0, 0.1) is 0 Å². The highest BCUT2D eigenvalue weighted by molar-refractivity contribution is 8.15. The summed E-state index contributed by atoms with van der Waals surface area (Å²) >= 11 is 7.10. The van der Waals surface area contributed by atoms with Crippen LogP contribution < -0.4 is 9.47 Å². The zero-order valence-corrected chi connectivity index (χ0v) is 17.4. The van der Waals surface area contributed by atoms with E-state index in [9.17, 15) is 9.59 Å². The van der Waals surface area contributed by atoms with Gasteiger partial charge in [0.2, 0.25) is 5.91 Å². The van der Waals surface area contributed by atoms with Crippen LogP contribution in [0.5, 0.6) is 11.5 Å². The second-order valence-electron chi connectivity index (χ2n) is 6.29. The fourth-order valence-electron chi connectivity index (χ4n) is 2.98. The van der Waals surface area contributed by atoms with E-state index in [1.54, 1.807) is 6.92 Å². The van der Waals surface area contributed by atoms with Crippen LogP contribution in [0.15, 0.2) is 42.5 Å². The number of imide groups is 1. The number of benzene rings is 2. The first-order valence-electron chi connectivity index (χ1n) is 9.16. The Balaban J connectivity index is 1.72. The summed E-state index contributed by atoms with van der Waals surface area (Å²) in [5, 5.41) is 0.0973. The van der Waals surface area contributed by atoms with E-state index in [2.05, 4.69) is 0 Å². The maximum absolute atomic E-state index is 12.3. The van der Waals surface area contributed by atoms with E-state index >= 15 is 0 Å². The molecule has 0 N–H and O–H groups in total. The average Bonchev–Trinajstić information content (AvgIpc) is 2.94. The maximum Gasteiger partial charge on any atom is 0.289 e. The van der Waals surface area contributed by atoms with E-state index in [0.717, 1.165) is 22.9 Å². The van der Waals surface area contributed by atoms with Gasteiger partial charge in [0.15, 0.2) is 11.5 Å². The molecule has 0 radical (unpaired) electrons. The van der Waals surface area contributed by atoms with Gasteiger partial charge in [0, 0.05) is 11.6 Å². The normalized spacial score (nSPS) is 16.5. The van der Waals surface area contributed by atoms with Crippen molar-refractivity contribution in [2.24, 2.45) is 0 Å². The van der Waals surface area contributed by atoms with Gasteiger partial charge in [-0.05, 0) is 55.7 Å². The molecule has 0 unspecified atom stereocenters. The van der Waals surface area contributed by atoms with E-state index < -0.39 is 0 Å². The molecule has 0 bridgehead atoms. The Morgan fingerprint density at radius 2 is 1.86 bits per heavy atom. The third kappa shape index (κ3) is 4.80. The molecule has 0 aliphatic carbocycles.